The van der Waals surface area contributed by atoms with E-state index in [-0.39, 0.29) is 6.61 Å². The van der Waals surface area contributed by atoms with Crippen LogP contribution < -0.4 is 24.8 Å². The quantitative estimate of drug-likeness (QED) is 0.336. The molecule has 0 saturated heterocycles. The van der Waals surface area contributed by atoms with Crippen molar-refractivity contribution < 1.29 is 19.3 Å². The number of aliphatic hydroxyl groups is 1. The second-order valence-electron chi connectivity index (χ2n) is 6.95. The first kappa shape index (κ1) is 24.7. The van der Waals surface area contributed by atoms with Crippen molar-refractivity contribution in [2.75, 3.05) is 45.8 Å². The van der Waals surface area contributed by atoms with Gasteiger partial charge in [0, 0.05) is 30.3 Å². The molecular formula is C23H24Cl2N4O4. The van der Waals surface area contributed by atoms with Crippen LogP contribution in [0.15, 0.2) is 30.5 Å². The molecule has 33 heavy (non-hydrogen) atoms. The first-order chi connectivity index (χ1) is 16.0. The highest BCUT2D eigenvalue weighted by molar-refractivity contribution is 6.37. The summed E-state index contributed by atoms with van der Waals surface area (Å²) in [6, 6.07) is 8.93. The van der Waals surface area contributed by atoms with E-state index in [1.165, 1.54) is 13.3 Å². The third kappa shape index (κ3) is 5.89. The summed E-state index contributed by atoms with van der Waals surface area (Å²) in [5, 5.41) is 26.2. The van der Waals surface area contributed by atoms with Crippen LogP contribution in [0, 0.1) is 11.3 Å². The Morgan fingerprint density at radius 3 is 2.52 bits per heavy atom. The number of fused-ring (bicyclic) bond motifs is 1. The normalized spacial score (nSPS) is 10.7. The fourth-order valence-electron chi connectivity index (χ4n) is 3.19. The van der Waals surface area contributed by atoms with Gasteiger partial charge in [-0.2, -0.15) is 5.26 Å². The number of halogens is 2. The fraction of sp³-hybridized carbons (Fsp3) is 0.304. The van der Waals surface area contributed by atoms with Crippen molar-refractivity contribution in [2.45, 2.75) is 6.42 Å². The van der Waals surface area contributed by atoms with Gasteiger partial charge in [0.25, 0.3) is 0 Å². The number of benzene rings is 2. The summed E-state index contributed by atoms with van der Waals surface area (Å²) in [5.74, 6) is 1.49. The van der Waals surface area contributed by atoms with Gasteiger partial charge in [0.2, 0.25) is 0 Å². The van der Waals surface area contributed by atoms with Crippen molar-refractivity contribution in [1.29, 1.82) is 5.26 Å². The Labute approximate surface area is 202 Å². The molecule has 174 valence electrons. The van der Waals surface area contributed by atoms with Crippen molar-refractivity contribution in [3.63, 3.8) is 0 Å². The molecule has 10 heteroatoms. The maximum absolute atomic E-state index is 9.67. The average Bonchev–Trinajstić information content (AvgIpc) is 2.82. The Bertz CT molecular complexity index is 1170. The zero-order valence-corrected chi connectivity index (χ0v) is 19.8. The van der Waals surface area contributed by atoms with Gasteiger partial charge < -0.3 is 30.0 Å². The minimum atomic E-state index is 0.0973. The molecular weight excluding hydrogens is 467 g/mol. The van der Waals surface area contributed by atoms with Gasteiger partial charge in [0.15, 0.2) is 11.5 Å². The molecule has 0 aliphatic carbocycles. The second kappa shape index (κ2) is 11.8. The van der Waals surface area contributed by atoms with E-state index < -0.39 is 0 Å². The van der Waals surface area contributed by atoms with Crippen molar-refractivity contribution in [2.24, 2.45) is 0 Å². The smallest absolute Gasteiger partial charge is 0.163 e. The molecule has 0 aliphatic rings. The predicted molar refractivity (Wildman–Crippen MR) is 129 cm³/mol. The number of aliphatic hydroxyl groups excluding tert-OH is 1. The number of nitriles is 1. The molecule has 0 saturated carbocycles. The van der Waals surface area contributed by atoms with E-state index in [9.17, 15) is 5.26 Å². The minimum absolute atomic E-state index is 0.0973. The van der Waals surface area contributed by atoms with Crippen LogP contribution in [0.4, 0.5) is 11.4 Å². The van der Waals surface area contributed by atoms with Crippen LogP contribution >= 0.6 is 23.2 Å². The van der Waals surface area contributed by atoms with E-state index in [2.05, 4.69) is 21.7 Å². The highest BCUT2D eigenvalue weighted by atomic mass is 35.5. The van der Waals surface area contributed by atoms with Gasteiger partial charge in [-0.3, -0.25) is 4.98 Å². The monoisotopic (exact) mass is 490 g/mol. The molecule has 1 heterocycles. The van der Waals surface area contributed by atoms with Crippen LogP contribution in [-0.2, 0) is 0 Å². The Morgan fingerprint density at radius 1 is 1.03 bits per heavy atom. The molecule has 2 aromatic carbocycles. The van der Waals surface area contributed by atoms with E-state index in [1.54, 1.807) is 31.4 Å². The van der Waals surface area contributed by atoms with Gasteiger partial charge in [-0.15, -0.1) is 0 Å². The van der Waals surface area contributed by atoms with Gasteiger partial charge in [-0.05, 0) is 25.1 Å². The molecule has 0 atom stereocenters. The Kier molecular flexibility index (Phi) is 8.80. The van der Waals surface area contributed by atoms with Crippen molar-refractivity contribution in [3.8, 4) is 23.3 Å². The number of methoxy groups -OCH3 is 2. The molecule has 3 aromatic rings. The zero-order chi connectivity index (χ0) is 23.8. The lowest BCUT2D eigenvalue weighted by molar-refractivity contribution is 0.275. The Hall–Kier alpha value is -2.96. The largest absolute Gasteiger partial charge is 0.495 e. The lowest BCUT2D eigenvalue weighted by Gasteiger charge is -2.16. The molecule has 0 bridgehead atoms. The molecule has 0 radical (unpaired) electrons. The number of hydrogen-bond donors (Lipinski definition) is 3. The third-order valence-corrected chi connectivity index (χ3v) is 5.43. The van der Waals surface area contributed by atoms with E-state index in [0.717, 1.165) is 13.0 Å². The Balaban J connectivity index is 1.96. The lowest BCUT2D eigenvalue weighted by atomic mass is 10.1. The highest BCUT2D eigenvalue weighted by Gasteiger charge is 2.16. The number of anilines is 2. The first-order valence-electron chi connectivity index (χ1n) is 10.2. The van der Waals surface area contributed by atoms with Crippen LogP contribution in [0.2, 0.25) is 10.0 Å². The van der Waals surface area contributed by atoms with Gasteiger partial charge >= 0.3 is 0 Å². The summed E-state index contributed by atoms with van der Waals surface area (Å²) < 4.78 is 16.7. The standard InChI is InChI=1S/C23H24Cl2N4O4/c1-31-20-11-19(16(24)9-17(20)25)29-23-14(12-26)13-28-18-10-22(21(32-2)8-15(18)23)33-7-3-4-27-5-6-30/h8-11,13,27,30H,3-7H2,1-2H3,(H,28,29). The number of aromatic nitrogens is 1. The van der Waals surface area contributed by atoms with E-state index in [0.29, 0.717) is 68.3 Å². The number of rotatable bonds is 11. The van der Waals surface area contributed by atoms with Crippen LogP contribution in [0.3, 0.4) is 0 Å². The summed E-state index contributed by atoms with van der Waals surface area (Å²) in [6.45, 7) is 1.82. The zero-order valence-electron chi connectivity index (χ0n) is 18.2. The second-order valence-corrected chi connectivity index (χ2v) is 7.76. The summed E-state index contributed by atoms with van der Waals surface area (Å²) in [7, 11) is 3.06. The lowest BCUT2D eigenvalue weighted by Crippen LogP contribution is -2.20. The Morgan fingerprint density at radius 2 is 1.82 bits per heavy atom. The summed E-state index contributed by atoms with van der Waals surface area (Å²) >= 11 is 12.5. The molecule has 0 amide bonds. The van der Waals surface area contributed by atoms with E-state index >= 15 is 0 Å². The van der Waals surface area contributed by atoms with Crippen LogP contribution in [0.1, 0.15) is 12.0 Å². The topological polar surface area (TPSA) is 109 Å². The molecule has 3 N–H and O–H groups in total. The molecule has 3 rings (SSSR count). The SMILES string of the molecule is COc1cc(Nc2c(C#N)cnc3cc(OCCCNCCO)c(OC)cc23)c(Cl)cc1Cl. The van der Waals surface area contributed by atoms with Crippen LogP contribution in [0.25, 0.3) is 10.9 Å². The van der Waals surface area contributed by atoms with Gasteiger partial charge in [-0.1, -0.05) is 23.2 Å². The maximum atomic E-state index is 9.67. The maximum Gasteiger partial charge on any atom is 0.163 e. The number of nitrogens with zero attached hydrogens (tertiary/aromatic N) is 2. The summed E-state index contributed by atoms with van der Waals surface area (Å²) in [4.78, 5) is 4.41. The van der Waals surface area contributed by atoms with Crippen molar-refractivity contribution in [3.05, 3.63) is 46.1 Å². The van der Waals surface area contributed by atoms with Crippen LogP contribution in [0.5, 0.6) is 17.2 Å². The fourth-order valence-corrected chi connectivity index (χ4v) is 3.70. The molecule has 0 unspecified atom stereocenters. The van der Waals surface area contributed by atoms with Crippen molar-refractivity contribution >= 4 is 45.5 Å². The first-order valence-corrected chi connectivity index (χ1v) is 10.9. The molecule has 8 nitrogen and oxygen atoms in total. The molecule has 0 spiro atoms. The molecule has 0 aliphatic heterocycles. The molecule has 1 aromatic heterocycles. The average molecular weight is 491 g/mol. The summed E-state index contributed by atoms with van der Waals surface area (Å²) in [6.07, 6.45) is 2.24. The number of nitrogens with one attached hydrogen (secondary N) is 2. The van der Waals surface area contributed by atoms with Gasteiger partial charge in [0.1, 0.15) is 11.8 Å². The van der Waals surface area contributed by atoms with Gasteiger partial charge in [0.05, 0.1) is 59.9 Å². The van der Waals surface area contributed by atoms with E-state index in [1.807, 2.05) is 0 Å². The highest BCUT2D eigenvalue weighted by Crippen LogP contribution is 2.40. The van der Waals surface area contributed by atoms with E-state index in [4.69, 9.17) is 42.5 Å². The number of hydrogen-bond acceptors (Lipinski definition) is 8. The predicted octanol–water partition coefficient (Wildman–Crippen LogP) is 4.52. The van der Waals surface area contributed by atoms with Gasteiger partial charge in [-0.25, -0.2) is 0 Å². The van der Waals surface area contributed by atoms with Crippen molar-refractivity contribution in [1.82, 2.24) is 10.3 Å². The number of ether oxygens (including phenoxy) is 3. The minimum Gasteiger partial charge on any atom is -0.495 e. The summed E-state index contributed by atoms with van der Waals surface area (Å²) in [5.41, 5.74) is 1.99. The van der Waals surface area contributed by atoms with Crippen LogP contribution in [-0.4, -0.2) is 50.6 Å². The number of pyridine rings is 1. The third-order valence-electron chi connectivity index (χ3n) is 4.82. The molecule has 0 fully saturated rings.